The van der Waals surface area contributed by atoms with Gasteiger partial charge in [-0.3, -0.25) is 14.7 Å². The molecule has 38 heavy (non-hydrogen) atoms. The highest BCUT2D eigenvalue weighted by Gasteiger charge is 2.19. The van der Waals surface area contributed by atoms with Crippen LogP contribution in [0.5, 0.6) is 0 Å². The summed E-state index contributed by atoms with van der Waals surface area (Å²) < 4.78 is 0. The number of aromatic carboxylic acids is 1. The monoisotopic (exact) mass is 503 g/mol. The van der Waals surface area contributed by atoms with E-state index in [-0.39, 0.29) is 22.6 Å². The third-order valence-electron chi connectivity index (χ3n) is 5.60. The summed E-state index contributed by atoms with van der Waals surface area (Å²) in [5.41, 5.74) is 2.74. The van der Waals surface area contributed by atoms with Crippen LogP contribution < -0.4 is 15.5 Å². The van der Waals surface area contributed by atoms with Crippen LogP contribution in [0.25, 0.3) is 11.0 Å². The number of amides is 3. The van der Waals surface area contributed by atoms with Gasteiger partial charge in [-0.25, -0.2) is 14.6 Å². The van der Waals surface area contributed by atoms with Crippen LogP contribution in [0.4, 0.5) is 27.5 Å². The predicted octanol–water partition coefficient (Wildman–Crippen LogP) is 5.95. The fraction of sp³-hybridized carbons (Fsp3) is 0. The lowest BCUT2D eigenvalue weighted by Crippen LogP contribution is -2.30. The Balaban J connectivity index is 1.43. The Morgan fingerprint density at radius 3 is 1.84 bits per heavy atom. The van der Waals surface area contributed by atoms with Gasteiger partial charge >= 0.3 is 12.0 Å². The summed E-state index contributed by atoms with van der Waals surface area (Å²) in [4.78, 5) is 48.2. The van der Waals surface area contributed by atoms with Crippen molar-refractivity contribution >= 4 is 51.7 Å². The number of anilines is 4. The topological polar surface area (TPSA) is 125 Å². The van der Waals surface area contributed by atoms with E-state index in [2.05, 4.69) is 20.6 Å². The van der Waals surface area contributed by atoms with Gasteiger partial charge in [-0.05, 0) is 54.6 Å². The van der Waals surface area contributed by atoms with Crippen molar-refractivity contribution in [1.29, 1.82) is 0 Å². The van der Waals surface area contributed by atoms with Gasteiger partial charge in [-0.1, -0.05) is 48.5 Å². The fourth-order valence-electron chi connectivity index (χ4n) is 3.87. The van der Waals surface area contributed by atoms with Crippen molar-refractivity contribution in [1.82, 2.24) is 9.97 Å². The van der Waals surface area contributed by atoms with Crippen LogP contribution >= 0.6 is 0 Å². The summed E-state index contributed by atoms with van der Waals surface area (Å²) in [5, 5.41) is 15.1. The average molecular weight is 504 g/mol. The Kier molecular flexibility index (Phi) is 6.73. The van der Waals surface area contributed by atoms with Crippen molar-refractivity contribution in [2.24, 2.45) is 0 Å². The lowest BCUT2D eigenvalue weighted by Gasteiger charge is -2.23. The van der Waals surface area contributed by atoms with Crippen LogP contribution in [0.3, 0.4) is 0 Å². The number of benzene rings is 4. The molecule has 9 heteroatoms. The third kappa shape index (κ3) is 5.31. The standard InChI is InChI=1S/C29H21N5O4/c35-27(26-18-30-24-13-7-8-14-25(24)33-26)31-20-15-19(28(36)37)16-21(17-20)32-29(38)34(22-9-3-1-4-10-22)23-11-5-2-6-12-23/h1-18H,(H,31,35)(H,32,38)(H,36,37). The Morgan fingerprint density at radius 1 is 0.684 bits per heavy atom. The molecule has 0 aliphatic heterocycles. The molecular weight excluding hydrogens is 482 g/mol. The van der Waals surface area contributed by atoms with Gasteiger partial charge in [0.1, 0.15) is 5.69 Å². The molecule has 0 spiro atoms. The second-order valence-corrected chi connectivity index (χ2v) is 8.24. The number of carboxylic acids is 1. The minimum Gasteiger partial charge on any atom is -0.478 e. The van der Waals surface area contributed by atoms with Crippen LogP contribution in [-0.2, 0) is 0 Å². The van der Waals surface area contributed by atoms with Crippen LogP contribution in [-0.4, -0.2) is 33.0 Å². The van der Waals surface area contributed by atoms with Crippen molar-refractivity contribution < 1.29 is 19.5 Å². The summed E-state index contributed by atoms with van der Waals surface area (Å²) in [5.74, 6) is -1.79. The summed E-state index contributed by atoms with van der Waals surface area (Å²) in [6.07, 6.45) is 1.35. The summed E-state index contributed by atoms with van der Waals surface area (Å²) in [7, 11) is 0. The number of urea groups is 1. The van der Waals surface area contributed by atoms with E-state index in [0.717, 1.165) is 0 Å². The molecule has 0 saturated carbocycles. The predicted molar refractivity (Wildman–Crippen MR) is 145 cm³/mol. The first-order chi connectivity index (χ1) is 18.5. The number of nitrogens with zero attached hydrogens (tertiary/aromatic N) is 3. The third-order valence-corrected chi connectivity index (χ3v) is 5.60. The number of nitrogens with one attached hydrogen (secondary N) is 2. The molecule has 0 aliphatic rings. The Hall–Kier alpha value is -5.57. The van der Waals surface area contributed by atoms with Crippen molar-refractivity contribution in [3.63, 3.8) is 0 Å². The maximum Gasteiger partial charge on any atom is 0.335 e. The van der Waals surface area contributed by atoms with Gasteiger partial charge in [0.2, 0.25) is 0 Å². The van der Waals surface area contributed by atoms with E-state index in [9.17, 15) is 19.5 Å². The fourth-order valence-corrected chi connectivity index (χ4v) is 3.87. The molecule has 5 aromatic rings. The maximum atomic E-state index is 13.4. The molecule has 9 nitrogen and oxygen atoms in total. The zero-order chi connectivity index (χ0) is 26.5. The molecule has 0 saturated heterocycles. The van der Waals surface area contributed by atoms with E-state index in [4.69, 9.17) is 0 Å². The number of carboxylic acid groups (broad SMARTS) is 1. The number of carbonyl (C=O) groups excluding carboxylic acids is 2. The first-order valence-electron chi connectivity index (χ1n) is 11.6. The summed E-state index contributed by atoms with van der Waals surface area (Å²) >= 11 is 0. The molecule has 5 rings (SSSR count). The van der Waals surface area contributed by atoms with E-state index in [1.165, 1.54) is 29.3 Å². The van der Waals surface area contributed by atoms with E-state index in [0.29, 0.717) is 22.4 Å². The van der Waals surface area contributed by atoms with Crippen molar-refractivity contribution in [3.05, 3.63) is 121 Å². The van der Waals surface area contributed by atoms with Crippen molar-refractivity contribution in [2.75, 3.05) is 15.5 Å². The van der Waals surface area contributed by atoms with E-state index < -0.39 is 17.9 Å². The van der Waals surface area contributed by atoms with Crippen LogP contribution in [0.2, 0.25) is 0 Å². The van der Waals surface area contributed by atoms with Crippen LogP contribution in [0.15, 0.2) is 109 Å². The molecule has 1 aromatic heterocycles. The molecule has 1 heterocycles. The molecular formula is C29H21N5O4. The van der Waals surface area contributed by atoms with Crippen molar-refractivity contribution in [3.8, 4) is 0 Å². The second-order valence-electron chi connectivity index (χ2n) is 8.24. The minimum atomic E-state index is -1.22. The molecule has 3 amide bonds. The van der Waals surface area contributed by atoms with E-state index in [1.807, 2.05) is 42.5 Å². The molecule has 3 N–H and O–H groups in total. The lowest BCUT2D eigenvalue weighted by atomic mass is 10.1. The smallest absolute Gasteiger partial charge is 0.335 e. The van der Waals surface area contributed by atoms with Gasteiger partial charge < -0.3 is 15.7 Å². The Labute approximate surface area is 217 Å². The molecule has 0 bridgehead atoms. The lowest BCUT2D eigenvalue weighted by molar-refractivity contribution is 0.0696. The molecule has 0 atom stereocenters. The Bertz CT molecular complexity index is 1600. The normalized spacial score (nSPS) is 10.5. The zero-order valence-electron chi connectivity index (χ0n) is 19.9. The molecule has 186 valence electrons. The SMILES string of the molecule is O=C(O)c1cc(NC(=O)c2cnc3ccccc3n2)cc(NC(=O)N(c2ccccc2)c2ccccc2)c1. The quantitative estimate of drug-likeness (QED) is 0.263. The Morgan fingerprint density at radius 2 is 1.24 bits per heavy atom. The molecule has 0 fully saturated rings. The molecule has 4 aromatic carbocycles. The highest BCUT2D eigenvalue weighted by Crippen LogP contribution is 2.27. The average Bonchev–Trinajstić information content (AvgIpc) is 2.94. The van der Waals surface area contributed by atoms with Gasteiger partial charge in [-0.15, -0.1) is 0 Å². The van der Waals surface area contributed by atoms with Crippen LogP contribution in [0, 0.1) is 0 Å². The van der Waals surface area contributed by atoms with Crippen LogP contribution in [0.1, 0.15) is 20.8 Å². The highest BCUT2D eigenvalue weighted by molar-refractivity contribution is 6.09. The molecule has 0 aliphatic carbocycles. The van der Waals surface area contributed by atoms with E-state index >= 15 is 0 Å². The minimum absolute atomic E-state index is 0.0642. The maximum absolute atomic E-state index is 13.4. The molecule has 0 unspecified atom stereocenters. The van der Waals surface area contributed by atoms with Gasteiger partial charge in [0.25, 0.3) is 5.91 Å². The molecule has 0 radical (unpaired) electrons. The van der Waals surface area contributed by atoms with E-state index in [1.54, 1.807) is 42.5 Å². The second kappa shape index (κ2) is 10.6. The number of fused-ring (bicyclic) bond motifs is 1. The largest absolute Gasteiger partial charge is 0.478 e. The number of hydrogen-bond donors (Lipinski definition) is 3. The van der Waals surface area contributed by atoms with Gasteiger partial charge in [0.05, 0.1) is 34.2 Å². The first-order valence-corrected chi connectivity index (χ1v) is 11.6. The zero-order valence-corrected chi connectivity index (χ0v) is 19.9. The highest BCUT2D eigenvalue weighted by atomic mass is 16.4. The number of rotatable bonds is 6. The van der Waals surface area contributed by atoms with Gasteiger partial charge in [0, 0.05) is 11.4 Å². The number of para-hydroxylation sites is 4. The van der Waals surface area contributed by atoms with Gasteiger partial charge in [0.15, 0.2) is 0 Å². The number of hydrogen-bond acceptors (Lipinski definition) is 5. The van der Waals surface area contributed by atoms with Gasteiger partial charge in [-0.2, -0.15) is 0 Å². The summed E-state index contributed by atoms with van der Waals surface area (Å²) in [6, 6.07) is 28.8. The van der Waals surface area contributed by atoms with Crippen molar-refractivity contribution in [2.45, 2.75) is 0 Å². The number of carbonyl (C=O) groups is 3. The first kappa shape index (κ1) is 24.1. The number of aromatic nitrogens is 2. The summed E-state index contributed by atoms with van der Waals surface area (Å²) in [6.45, 7) is 0.